The highest BCUT2D eigenvalue weighted by Gasteiger charge is 2.12. The van der Waals surface area contributed by atoms with Crippen LogP contribution in [0.2, 0.25) is 5.02 Å². The zero-order valence-corrected chi connectivity index (χ0v) is 15.8. The first-order valence-corrected chi connectivity index (χ1v) is 9.07. The van der Waals surface area contributed by atoms with Crippen molar-refractivity contribution in [2.24, 2.45) is 0 Å². The normalized spacial score (nSPS) is 10.8. The van der Waals surface area contributed by atoms with Crippen LogP contribution in [0.3, 0.4) is 0 Å². The predicted octanol–water partition coefficient (Wildman–Crippen LogP) is 4.60. The first-order valence-electron chi connectivity index (χ1n) is 8.69. The highest BCUT2D eigenvalue weighted by atomic mass is 35.5. The molecule has 0 aliphatic carbocycles. The van der Waals surface area contributed by atoms with Crippen molar-refractivity contribution in [1.29, 1.82) is 0 Å². The monoisotopic (exact) mass is 389 g/mol. The van der Waals surface area contributed by atoms with Gasteiger partial charge in [0, 0.05) is 5.69 Å². The third-order valence-electron chi connectivity index (χ3n) is 4.45. The highest BCUT2D eigenvalue weighted by molar-refractivity contribution is 6.34. The Morgan fingerprint density at radius 1 is 0.964 bits per heavy atom. The lowest BCUT2D eigenvalue weighted by Gasteiger charge is -2.12. The maximum absolute atomic E-state index is 12.9. The minimum atomic E-state index is -0.293. The molecular formula is C22H16ClN3O2. The summed E-state index contributed by atoms with van der Waals surface area (Å²) in [4.78, 5) is 29.8. The summed E-state index contributed by atoms with van der Waals surface area (Å²) in [6.07, 6.45) is 0. The molecule has 3 aromatic carbocycles. The van der Waals surface area contributed by atoms with Crippen molar-refractivity contribution >= 4 is 34.1 Å². The van der Waals surface area contributed by atoms with Gasteiger partial charge in [-0.25, -0.2) is 4.98 Å². The van der Waals surface area contributed by atoms with E-state index < -0.39 is 0 Å². The van der Waals surface area contributed by atoms with Crippen LogP contribution < -0.4 is 10.9 Å². The molecule has 0 bridgehead atoms. The molecule has 1 N–H and O–H groups in total. The largest absolute Gasteiger partial charge is 0.322 e. The molecule has 0 aliphatic rings. The molecule has 4 aromatic rings. The van der Waals surface area contributed by atoms with Crippen LogP contribution in [-0.2, 0) is 0 Å². The molecule has 1 aromatic heterocycles. The van der Waals surface area contributed by atoms with Gasteiger partial charge in [0.25, 0.3) is 11.5 Å². The number of aryl methyl sites for hydroxylation is 1. The molecule has 0 atom stereocenters. The van der Waals surface area contributed by atoms with E-state index in [0.717, 1.165) is 0 Å². The van der Waals surface area contributed by atoms with Gasteiger partial charge >= 0.3 is 0 Å². The van der Waals surface area contributed by atoms with Gasteiger partial charge < -0.3 is 5.32 Å². The molecule has 0 aliphatic heterocycles. The molecule has 1 heterocycles. The molecular weight excluding hydrogens is 374 g/mol. The topological polar surface area (TPSA) is 64.0 Å². The fourth-order valence-electron chi connectivity index (χ4n) is 3.09. The van der Waals surface area contributed by atoms with Crippen LogP contribution in [0.25, 0.3) is 16.6 Å². The van der Waals surface area contributed by atoms with Crippen molar-refractivity contribution in [3.63, 3.8) is 0 Å². The molecule has 1 amide bonds. The van der Waals surface area contributed by atoms with Crippen molar-refractivity contribution in [3.05, 3.63) is 99.6 Å². The van der Waals surface area contributed by atoms with Crippen LogP contribution in [0.15, 0.2) is 77.6 Å². The van der Waals surface area contributed by atoms with E-state index in [1.54, 1.807) is 66.1 Å². The Hall–Kier alpha value is -3.44. The van der Waals surface area contributed by atoms with Crippen LogP contribution in [-0.4, -0.2) is 15.5 Å². The van der Waals surface area contributed by atoms with Crippen LogP contribution in [0.5, 0.6) is 0 Å². The molecule has 28 heavy (non-hydrogen) atoms. The predicted molar refractivity (Wildman–Crippen MR) is 111 cm³/mol. The van der Waals surface area contributed by atoms with Gasteiger partial charge in [0.1, 0.15) is 5.82 Å². The summed E-state index contributed by atoms with van der Waals surface area (Å²) in [6.45, 7) is 1.79. The number of carbonyl (C=O) groups is 1. The number of anilines is 1. The van der Waals surface area contributed by atoms with E-state index in [4.69, 9.17) is 11.6 Å². The summed E-state index contributed by atoms with van der Waals surface area (Å²) in [5.74, 6) is 0.302. The van der Waals surface area contributed by atoms with E-state index in [2.05, 4.69) is 10.3 Å². The van der Waals surface area contributed by atoms with Crippen LogP contribution in [0.4, 0.5) is 5.69 Å². The summed E-state index contributed by atoms with van der Waals surface area (Å²) in [7, 11) is 0. The van der Waals surface area contributed by atoms with E-state index in [9.17, 15) is 9.59 Å². The number of fused-ring (bicyclic) bond motifs is 1. The van der Waals surface area contributed by atoms with Gasteiger partial charge in [-0.3, -0.25) is 14.2 Å². The van der Waals surface area contributed by atoms with Gasteiger partial charge in [-0.05, 0) is 55.5 Å². The van der Waals surface area contributed by atoms with E-state index in [1.807, 2.05) is 18.2 Å². The van der Waals surface area contributed by atoms with E-state index in [0.29, 0.717) is 38.7 Å². The zero-order valence-electron chi connectivity index (χ0n) is 15.0. The number of nitrogens with zero attached hydrogens (tertiary/aromatic N) is 2. The molecule has 0 unspecified atom stereocenters. The SMILES string of the molecule is Cc1nc2ccccc2c(=O)n1-c1ccc(NC(=O)c2ccccc2Cl)cc1. The molecule has 0 saturated carbocycles. The number of nitrogens with one attached hydrogen (secondary N) is 1. The number of hydrogen-bond acceptors (Lipinski definition) is 3. The zero-order chi connectivity index (χ0) is 19.7. The standard InChI is InChI=1S/C22H16ClN3O2/c1-14-24-20-9-5-3-7-18(20)22(28)26(14)16-12-10-15(11-13-16)25-21(27)17-6-2-4-8-19(17)23/h2-13H,1H3,(H,25,27). The first kappa shape index (κ1) is 17.9. The summed E-state index contributed by atoms with van der Waals surface area (Å²) >= 11 is 6.07. The van der Waals surface area contributed by atoms with Crippen molar-refractivity contribution in [2.45, 2.75) is 6.92 Å². The molecule has 4 rings (SSSR count). The van der Waals surface area contributed by atoms with Crippen LogP contribution in [0, 0.1) is 6.92 Å². The number of halogens is 1. The van der Waals surface area contributed by atoms with Gasteiger partial charge in [-0.1, -0.05) is 35.9 Å². The number of para-hydroxylation sites is 1. The Kier molecular flexibility index (Phi) is 4.67. The van der Waals surface area contributed by atoms with Crippen molar-refractivity contribution in [3.8, 4) is 5.69 Å². The average molecular weight is 390 g/mol. The summed E-state index contributed by atoms with van der Waals surface area (Å²) < 4.78 is 1.56. The third-order valence-corrected chi connectivity index (χ3v) is 4.77. The van der Waals surface area contributed by atoms with Crippen LogP contribution in [0.1, 0.15) is 16.2 Å². The number of amides is 1. The molecule has 5 nitrogen and oxygen atoms in total. The van der Waals surface area contributed by atoms with E-state index in [-0.39, 0.29) is 11.5 Å². The third kappa shape index (κ3) is 3.28. The minimum absolute atomic E-state index is 0.129. The molecule has 0 saturated heterocycles. The lowest BCUT2D eigenvalue weighted by atomic mass is 10.2. The molecule has 0 radical (unpaired) electrons. The maximum atomic E-state index is 12.9. The lowest BCUT2D eigenvalue weighted by Crippen LogP contribution is -2.22. The Balaban J connectivity index is 1.66. The summed E-state index contributed by atoms with van der Waals surface area (Å²) in [5.41, 5.74) is 2.23. The van der Waals surface area contributed by atoms with Gasteiger partial charge in [0.05, 0.1) is 27.2 Å². The molecule has 0 spiro atoms. The first-order chi connectivity index (χ1) is 13.5. The Morgan fingerprint density at radius 3 is 2.39 bits per heavy atom. The van der Waals surface area contributed by atoms with Crippen molar-refractivity contribution < 1.29 is 4.79 Å². The molecule has 138 valence electrons. The number of benzene rings is 3. The number of carbonyl (C=O) groups excluding carboxylic acids is 1. The maximum Gasteiger partial charge on any atom is 0.265 e. The van der Waals surface area contributed by atoms with Crippen molar-refractivity contribution in [1.82, 2.24) is 9.55 Å². The Labute approximate surface area is 166 Å². The molecule has 0 fully saturated rings. The highest BCUT2D eigenvalue weighted by Crippen LogP contribution is 2.19. The number of rotatable bonds is 3. The van der Waals surface area contributed by atoms with Gasteiger partial charge in [0.2, 0.25) is 0 Å². The minimum Gasteiger partial charge on any atom is -0.322 e. The van der Waals surface area contributed by atoms with Crippen molar-refractivity contribution in [2.75, 3.05) is 5.32 Å². The van der Waals surface area contributed by atoms with Gasteiger partial charge in [0.15, 0.2) is 0 Å². The Morgan fingerprint density at radius 2 is 1.64 bits per heavy atom. The van der Waals surface area contributed by atoms with Crippen LogP contribution >= 0.6 is 11.6 Å². The summed E-state index contributed by atoms with van der Waals surface area (Å²) in [6, 6.07) is 21.1. The van der Waals surface area contributed by atoms with E-state index >= 15 is 0 Å². The fourth-order valence-corrected chi connectivity index (χ4v) is 3.31. The second-order valence-electron chi connectivity index (χ2n) is 6.30. The average Bonchev–Trinajstić information content (AvgIpc) is 2.69. The van der Waals surface area contributed by atoms with Gasteiger partial charge in [-0.2, -0.15) is 0 Å². The fraction of sp³-hybridized carbons (Fsp3) is 0.0455. The van der Waals surface area contributed by atoms with E-state index in [1.165, 1.54) is 0 Å². The lowest BCUT2D eigenvalue weighted by molar-refractivity contribution is 0.102. The number of aromatic nitrogens is 2. The number of hydrogen-bond donors (Lipinski definition) is 1. The quantitative estimate of drug-likeness (QED) is 0.557. The molecule has 6 heteroatoms. The second kappa shape index (κ2) is 7.29. The smallest absolute Gasteiger partial charge is 0.265 e. The summed E-state index contributed by atoms with van der Waals surface area (Å²) in [5, 5.41) is 3.76. The Bertz CT molecular complexity index is 1250. The second-order valence-corrected chi connectivity index (χ2v) is 6.70. The van der Waals surface area contributed by atoms with Gasteiger partial charge in [-0.15, -0.1) is 0 Å².